The minimum absolute atomic E-state index is 0.372. The Balaban J connectivity index is 0.000000116. The molecule has 8 atom stereocenters. The fraction of sp³-hybridized carbons (Fsp3) is 0.100. The summed E-state index contributed by atoms with van der Waals surface area (Å²) in [4.78, 5) is 227. The lowest BCUT2D eigenvalue weighted by Gasteiger charge is -2.36. The third-order valence-corrected chi connectivity index (χ3v) is 29.9. The fourth-order valence-electron chi connectivity index (χ4n) is 22.8. The largest absolute Gasteiger partial charge is 0.274 e. The summed E-state index contributed by atoms with van der Waals surface area (Å²) in [6.07, 6.45) is 40.4. The molecular formula is C120H78N18O12. The number of fused-ring (bicyclic) bond motifs is 12. The molecule has 6 aromatic carbocycles. The van der Waals surface area contributed by atoms with E-state index in [9.17, 15) is 57.5 Å². The molecule has 6 saturated heterocycles. The standard InChI is InChI=1S/3C40H26N6O4/c47-37-33-34(38(48)45(37)31-19-27(23-1-9-41-10-2-23)17-28(20-31)24-3-11-42-12-4-24)36-35(33)39(49)46(40(36)50)32-21-29(25-5-13-43-14-6-25)18-30(22-32)26-7-15-44-16-8-26;47-37-33-34(38(48)45(37)31-17-27(23-5-11-41-12-6-23)15-28(18-31)24-7-13-42-14-8-24)36-35(33)39(49)46(40(36)50)32-19-29(25-3-1-9-43-21-25)16-30(20-32)26-4-2-10-44-22-26;47-37-33-34(38(48)45(37)31-18-27(23-3-10-41-11-4-23)16-28(19-31)24-5-12-42-13-6-24)36-35(33)39(49)46(40(36)50)32-20-29(25-7-14-43-15-8-25)17-30(21-32)26-2-1-9-44-22-26/h3*1-22,33-36H. The summed E-state index contributed by atoms with van der Waals surface area (Å²) >= 11 is 0. The van der Waals surface area contributed by atoms with E-state index in [1.54, 1.807) is 222 Å². The Bertz CT molecular complexity index is 6810. The molecule has 0 radical (unpaired) electrons. The van der Waals surface area contributed by atoms with Crippen LogP contribution in [0.2, 0.25) is 0 Å². The molecule has 9 aliphatic rings. The van der Waals surface area contributed by atoms with Gasteiger partial charge in [-0.15, -0.1) is 0 Å². The monoisotopic (exact) mass is 1960 g/mol. The number of nitrogens with zero attached hydrogens (tertiary/aromatic N) is 18. The van der Waals surface area contributed by atoms with E-state index in [0.717, 1.165) is 148 Å². The van der Waals surface area contributed by atoms with E-state index in [0.29, 0.717) is 34.1 Å². The van der Waals surface area contributed by atoms with Crippen LogP contribution in [-0.4, -0.2) is 131 Å². The zero-order chi connectivity index (χ0) is 102. The Morgan fingerprint density at radius 2 is 0.233 bits per heavy atom. The molecule has 12 aromatic heterocycles. The molecule has 27 rings (SSSR count). The highest BCUT2D eigenvalue weighted by Crippen LogP contribution is 2.62. The van der Waals surface area contributed by atoms with Gasteiger partial charge >= 0.3 is 0 Å². The number of benzene rings is 6. The normalized spacial score (nSPS) is 20.9. The molecule has 18 heterocycles. The summed E-state index contributed by atoms with van der Waals surface area (Å²) < 4.78 is 0. The van der Waals surface area contributed by atoms with Crippen LogP contribution in [0.15, 0.2) is 404 Å². The fourth-order valence-corrected chi connectivity index (χ4v) is 22.8. The van der Waals surface area contributed by atoms with E-state index >= 15 is 0 Å². The first-order chi connectivity index (χ1) is 73.4. The Morgan fingerprint density at radius 1 is 0.120 bits per heavy atom. The second-order valence-corrected chi connectivity index (χ2v) is 37.8. The molecular weight excluding hydrogens is 1890 g/mol. The van der Waals surface area contributed by atoms with Crippen molar-refractivity contribution in [3.8, 4) is 134 Å². The van der Waals surface area contributed by atoms with Crippen LogP contribution in [0.1, 0.15) is 0 Å². The molecule has 8 unspecified atom stereocenters. The van der Waals surface area contributed by atoms with E-state index in [2.05, 4.69) is 59.8 Å². The van der Waals surface area contributed by atoms with Crippen molar-refractivity contribution in [2.24, 2.45) is 71.0 Å². The van der Waals surface area contributed by atoms with Gasteiger partial charge in [-0.2, -0.15) is 0 Å². The number of carbonyl (C=O) groups is 12. The molecule has 3 aliphatic carbocycles. The van der Waals surface area contributed by atoms with Crippen LogP contribution < -0.4 is 29.4 Å². The minimum Gasteiger partial charge on any atom is -0.274 e. The van der Waals surface area contributed by atoms with E-state index < -0.39 is 142 Å². The van der Waals surface area contributed by atoms with Gasteiger partial charge in [0, 0.05) is 165 Å². The van der Waals surface area contributed by atoms with Gasteiger partial charge in [0.1, 0.15) is 0 Å². The van der Waals surface area contributed by atoms with Gasteiger partial charge < -0.3 is 0 Å². The first kappa shape index (κ1) is 91.2. The third kappa shape index (κ3) is 15.6. The average Bonchev–Trinajstić information content (AvgIpc) is 1.52. The van der Waals surface area contributed by atoms with Crippen LogP contribution in [-0.2, 0) is 57.5 Å². The van der Waals surface area contributed by atoms with Crippen molar-refractivity contribution >= 4 is 105 Å². The van der Waals surface area contributed by atoms with Crippen molar-refractivity contribution in [3.05, 3.63) is 404 Å². The van der Waals surface area contributed by atoms with Gasteiger partial charge in [0.2, 0.25) is 70.9 Å². The van der Waals surface area contributed by atoms with Gasteiger partial charge in [0.05, 0.1) is 105 Å². The lowest BCUT2D eigenvalue weighted by Crippen LogP contribution is -2.50. The molecule has 9 fully saturated rings. The maximum Gasteiger partial charge on any atom is 0.238 e. The lowest BCUT2D eigenvalue weighted by molar-refractivity contribution is -0.146. The van der Waals surface area contributed by atoms with Gasteiger partial charge in [0.15, 0.2) is 0 Å². The van der Waals surface area contributed by atoms with Crippen molar-refractivity contribution in [1.82, 2.24) is 59.8 Å². The minimum atomic E-state index is -0.930. The van der Waals surface area contributed by atoms with Gasteiger partial charge in [-0.05, 0) is 353 Å². The number of imide groups is 6. The van der Waals surface area contributed by atoms with Crippen LogP contribution in [0.25, 0.3) is 134 Å². The summed E-state index contributed by atoms with van der Waals surface area (Å²) in [5, 5.41) is 0. The van der Waals surface area contributed by atoms with Crippen molar-refractivity contribution in [3.63, 3.8) is 0 Å². The molecule has 720 valence electrons. The first-order valence-corrected chi connectivity index (χ1v) is 48.5. The summed E-state index contributed by atoms with van der Waals surface area (Å²) in [5.41, 5.74) is 21.8. The number of aromatic nitrogens is 12. The second-order valence-electron chi connectivity index (χ2n) is 37.8. The van der Waals surface area contributed by atoms with Crippen molar-refractivity contribution in [2.45, 2.75) is 0 Å². The Labute approximate surface area is 854 Å². The van der Waals surface area contributed by atoms with Crippen LogP contribution in [0, 0.1) is 71.0 Å². The number of hydrogen-bond acceptors (Lipinski definition) is 24. The van der Waals surface area contributed by atoms with Gasteiger partial charge in [-0.3, -0.25) is 117 Å². The average molecular weight is 1960 g/mol. The molecule has 150 heavy (non-hydrogen) atoms. The maximum atomic E-state index is 14.2. The second kappa shape index (κ2) is 37.3. The van der Waals surface area contributed by atoms with Gasteiger partial charge in [0.25, 0.3) is 0 Å². The third-order valence-electron chi connectivity index (χ3n) is 29.9. The predicted molar refractivity (Wildman–Crippen MR) is 554 cm³/mol. The van der Waals surface area contributed by atoms with Gasteiger partial charge in [-0.25, -0.2) is 29.4 Å². The smallest absolute Gasteiger partial charge is 0.238 e. The summed E-state index contributed by atoms with van der Waals surface area (Å²) in [5.74, 6) is -16.8. The predicted octanol–water partition coefficient (Wildman–Crippen LogP) is 17.6. The Morgan fingerprint density at radius 3 is 0.340 bits per heavy atom. The Hall–Kier alpha value is -20.0. The molecule has 0 bridgehead atoms. The zero-order valence-electron chi connectivity index (χ0n) is 79.0. The zero-order valence-corrected chi connectivity index (χ0v) is 79.0. The number of anilines is 6. The highest BCUT2D eigenvalue weighted by molar-refractivity contribution is 6.36. The van der Waals surface area contributed by atoms with Crippen molar-refractivity contribution < 1.29 is 57.5 Å². The first-order valence-electron chi connectivity index (χ1n) is 48.5. The SMILES string of the molecule is O=C1C2C(C(=O)N1c1cc(-c3ccncc3)cc(-c3ccncc3)c1)C1C(=O)N(c3cc(-c4cccnc4)cc(-c4cccnc4)c3)C(=O)C21.O=C1C2C(C(=O)N1c1cc(-c3ccncc3)cc(-c3ccncc3)c1)C1C(=O)N(c3cc(-c4ccncc4)cc(-c4cccnc4)c3)C(=O)C21.O=C1C2C(C(=O)N1c1cc(-c3ccncc3)cc(-c3ccncc3)c1)C1C(=O)N(c3cc(-c4ccncc4)cc(-c4ccncc4)c3)C(=O)C21. The number of hydrogen-bond donors (Lipinski definition) is 0. The highest BCUT2D eigenvalue weighted by Gasteiger charge is 2.77. The number of carbonyl (C=O) groups excluding carboxylic acids is 12. The summed E-state index contributed by atoms with van der Waals surface area (Å²) in [6, 6.07) is 77.8. The molecule has 0 spiro atoms. The Kier molecular flexibility index (Phi) is 22.7. The van der Waals surface area contributed by atoms with Gasteiger partial charge in [-0.1, -0.05) is 18.2 Å². The maximum absolute atomic E-state index is 14.2. The molecule has 18 aromatic rings. The van der Waals surface area contributed by atoms with Crippen LogP contribution >= 0.6 is 0 Å². The van der Waals surface area contributed by atoms with Crippen molar-refractivity contribution in [1.29, 1.82) is 0 Å². The van der Waals surface area contributed by atoms with Crippen LogP contribution in [0.4, 0.5) is 34.1 Å². The van der Waals surface area contributed by atoms with E-state index in [-0.39, 0.29) is 0 Å². The molecule has 3 saturated carbocycles. The molecule has 30 heteroatoms. The molecule has 6 aliphatic heterocycles. The topological polar surface area (TPSA) is 379 Å². The van der Waals surface area contributed by atoms with Crippen molar-refractivity contribution in [2.75, 3.05) is 29.4 Å². The van der Waals surface area contributed by atoms with Crippen LogP contribution in [0.3, 0.4) is 0 Å². The molecule has 12 amide bonds. The number of rotatable bonds is 18. The molecule has 30 nitrogen and oxygen atoms in total. The van der Waals surface area contributed by atoms with E-state index in [1.165, 1.54) is 14.7 Å². The summed E-state index contributed by atoms with van der Waals surface area (Å²) in [7, 11) is 0. The quantitative estimate of drug-likeness (QED) is 0.0720. The number of amides is 12. The lowest BCUT2D eigenvalue weighted by atomic mass is 9.59. The van der Waals surface area contributed by atoms with E-state index in [4.69, 9.17) is 0 Å². The summed E-state index contributed by atoms with van der Waals surface area (Å²) in [6.45, 7) is 0. The highest BCUT2D eigenvalue weighted by atomic mass is 16.2. The van der Waals surface area contributed by atoms with Crippen LogP contribution in [0.5, 0.6) is 0 Å². The molecule has 0 N–H and O–H groups in total. The van der Waals surface area contributed by atoms with E-state index in [1.807, 2.05) is 182 Å². The number of pyridine rings is 12.